The minimum absolute atomic E-state index is 0. The van der Waals surface area contributed by atoms with E-state index in [2.05, 4.69) is 24.3 Å². The molecule has 3 nitrogen and oxygen atoms in total. The predicted octanol–water partition coefficient (Wildman–Crippen LogP) is 2.87. The number of hydrogen-bond acceptors (Lipinski definition) is 2. The number of benzene rings is 1. The van der Waals surface area contributed by atoms with Gasteiger partial charge in [-0.05, 0) is 36.7 Å². The molecule has 3 rings (SSSR count). The van der Waals surface area contributed by atoms with Crippen molar-refractivity contribution >= 4 is 18.3 Å². The molecule has 0 bridgehead atoms. The molecule has 0 heterocycles. The molecule has 0 saturated heterocycles. The van der Waals surface area contributed by atoms with E-state index in [0.29, 0.717) is 36.8 Å². The van der Waals surface area contributed by atoms with Crippen LogP contribution in [0, 0.1) is 17.8 Å². The normalized spacial score (nSPS) is 25.8. The number of carbonyl (C=O) groups is 1. The van der Waals surface area contributed by atoms with Crippen LogP contribution in [0.3, 0.4) is 0 Å². The summed E-state index contributed by atoms with van der Waals surface area (Å²) in [5.74, 6) is 2.05. The molecule has 0 aliphatic heterocycles. The molecule has 22 heavy (non-hydrogen) atoms. The van der Waals surface area contributed by atoms with E-state index in [1.807, 2.05) is 11.0 Å². The van der Waals surface area contributed by atoms with Crippen molar-refractivity contribution in [1.29, 1.82) is 0 Å². The Kier molecular flexibility index (Phi) is 6.27. The van der Waals surface area contributed by atoms with Gasteiger partial charge in [0.2, 0.25) is 5.91 Å². The van der Waals surface area contributed by atoms with E-state index in [1.165, 1.54) is 31.2 Å². The highest BCUT2D eigenvalue weighted by Crippen LogP contribution is 2.56. The quantitative estimate of drug-likeness (QED) is 0.875. The lowest BCUT2D eigenvalue weighted by Crippen LogP contribution is -2.38. The molecule has 1 amide bonds. The fourth-order valence-corrected chi connectivity index (χ4v) is 3.97. The Morgan fingerprint density at radius 2 is 1.73 bits per heavy atom. The van der Waals surface area contributed by atoms with Gasteiger partial charge < -0.3 is 10.6 Å². The number of carbonyl (C=O) groups excluding carboxylic acids is 1. The standard InChI is InChI=1S/C18H26N2O.ClH/c19-11-13-20(12-10-14-6-2-1-3-7-14)18(21)17-15-8-4-5-9-16(15)17;/h1-3,6-7,15-17H,4-5,8-13,19H2;1H. The van der Waals surface area contributed by atoms with Gasteiger partial charge in [-0.3, -0.25) is 4.79 Å². The molecule has 2 aliphatic carbocycles. The van der Waals surface area contributed by atoms with Gasteiger partial charge in [-0.2, -0.15) is 0 Å². The highest BCUT2D eigenvalue weighted by atomic mass is 35.5. The number of amides is 1. The SMILES string of the molecule is Cl.NCCN(CCc1ccccc1)C(=O)C1C2CCCCC21. The van der Waals surface area contributed by atoms with Crippen molar-refractivity contribution in [1.82, 2.24) is 4.90 Å². The molecule has 2 atom stereocenters. The molecule has 2 N–H and O–H groups in total. The van der Waals surface area contributed by atoms with Crippen LogP contribution in [-0.2, 0) is 11.2 Å². The fraction of sp³-hybridized carbons (Fsp3) is 0.611. The average molecular weight is 323 g/mol. The zero-order valence-electron chi connectivity index (χ0n) is 13.1. The molecule has 2 aliphatic rings. The van der Waals surface area contributed by atoms with Crippen LogP contribution in [0.4, 0.5) is 0 Å². The molecule has 0 aromatic heterocycles. The van der Waals surface area contributed by atoms with E-state index in [1.54, 1.807) is 0 Å². The van der Waals surface area contributed by atoms with Crippen LogP contribution in [0.2, 0.25) is 0 Å². The summed E-state index contributed by atoms with van der Waals surface area (Å²) >= 11 is 0. The number of halogens is 1. The molecule has 1 aromatic carbocycles. The van der Waals surface area contributed by atoms with E-state index in [0.717, 1.165) is 13.0 Å². The third-order valence-electron chi connectivity index (χ3n) is 5.17. The van der Waals surface area contributed by atoms with Gasteiger partial charge in [0.15, 0.2) is 0 Å². The van der Waals surface area contributed by atoms with Crippen molar-refractivity contribution < 1.29 is 4.79 Å². The first-order valence-corrected chi connectivity index (χ1v) is 8.34. The third-order valence-corrected chi connectivity index (χ3v) is 5.17. The van der Waals surface area contributed by atoms with E-state index < -0.39 is 0 Å². The van der Waals surface area contributed by atoms with Gasteiger partial charge in [0, 0.05) is 25.6 Å². The van der Waals surface area contributed by atoms with Gasteiger partial charge in [-0.25, -0.2) is 0 Å². The first-order valence-electron chi connectivity index (χ1n) is 8.34. The molecule has 2 unspecified atom stereocenters. The Bertz CT molecular complexity index is 467. The second-order valence-electron chi connectivity index (χ2n) is 6.49. The maximum absolute atomic E-state index is 12.8. The number of rotatable bonds is 6. The minimum atomic E-state index is 0. The van der Waals surface area contributed by atoms with Gasteiger partial charge in [0.05, 0.1) is 0 Å². The van der Waals surface area contributed by atoms with Crippen LogP contribution in [0.15, 0.2) is 30.3 Å². The van der Waals surface area contributed by atoms with Gasteiger partial charge in [-0.1, -0.05) is 43.2 Å². The first-order chi connectivity index (χ1) is 10.3. The number of nitrogens with zero attached hydrogens (tertiary/aromatic N) is 1. The molecular weight excluding hydrogens is 296 g/mol. The van der Waals surface area contributed by atoms with Gasteiger partial charge >= 0.3 is 0 Å². The van der Waals surface area contributed by atoms with Crippen molar-refractivity contribution in [3.05, 3.63) is 35.9 Å². The van der Waals surface area contributed by atoms with Gasteiger partial charge in [0.1, 0.15) is 0 Å². The number of nitrogens with two attached hydrogens (primary N) is 1. The molecule has 4 heteroatoms. The summed E-state index contributed by atoms with van der Waals surface area (Å²) < 4.78 is 0. The lowest BCUT2D eigenvalue weighted by molar-refractivity contribution is -0.133. The van der Waals surface area contributed by atoms with Crippen molar-refractivity contribution in [3.63, 3.8) is 0 Å². The van der Waals surface area contributed by atoms with Crippen LogP contribution < -0.4 is 5.73 Å². The minimum Gasteiger partial charge on any atom is -0.341 e. The highest BCUT2D eigenvalue weighted by Gasteiger charge is 2.55. The van der Waals surface area contributed by atoms with Crippen LogP contribution in [0.1, 0.15) is 31.2 Å². The third kappa shape index (κ3) is 3.82. The van der Waals surface area contributed by atoms with Crippen molar-refractivity contribution in [2.75, 3.05) is 19.6 Å². The summed E-state index contributed by atoms with van der Waals surface area (Å²) in [4.78, 5) is 14.8. The Hall–Kier alpha value is -1.06. The zero-order chi connectivity index (χ0) is 14.7. The summed E-state index contributed by atoms with van der Waals surface area (Å²) in [6.07, 6.45) is 6.07. The summed E-state index contributed by atoms with van der Waals surface area (Å²) in [6.45, 7) is 2.06. The first kappa shape index (κ1) is 17.3. The maximum Gasteiger partial charge on any atom is 0.226 e. The lowest BCUT2D eigenvalue weighted by Gasteiger charge is -2.22. The maximum atomic E-state index is 12.8. The van der Waals surface area contributed by atoms with Gasteiger partial charge in [-0.15, -0.1) is 12.4 Å². The monoisotopic (exact) mass is 322 g/mol. The van der Waals surface area contributed by atoms with Crippen LogP contribution >= 0.6 is 12.4 Å². The summed E-state index contributed by atoms with van der Waals surface area (Å²) in [6, 6.07) is 10.4. The van der Waals surface area contributed by atoms with E-state index >= 15 is 0 Å². The molecule has 1 aromatic rings. The Morgan fingerprint density at radius 3 is 2.32 bits per heavy atom. The van der Waals surface area contributed by atoms with E-state index in [-0.39, 0.29) is 12.4 Å². The molecule has 2 fully saturated rings. The average Bonchev–Trinajstić information content (AvgIpc) is 3.26. The largest absolute Gasteiger partial charge is 0.341 e. The van der Waals surface area contributed by atoms with Crippen molar-refractivity contribution in [2.45, 2.75) is 32.1 Å². The van der Waals surface area contributed by atoms with E-state index in [4.69, 9.17) is 5.73 Å². The molecular formula is C18H27ClN2O. The van der Waals surface area contributed by atoms with Gasteiger partial charge in [0.25, 0.3) is 0 Å². The summed E-state index contributed by atoms with van der Waals surface area (Å²) in [5.41, 5.74) is 7.00. The fourth-order valence-electron chi connectivity index (χ4n) is 3.97. The highest BCUT2D eigenvalue weighted by molar-refractivity contribution is 5.85. The molecule has 122 valence electrons. The Balaban J connectivity index is 0.00000176. The Morgan fingerprint density at radius 1 is 1.09 bits per heavy atom. The topological polar surface area (TPSA) is 46.3 Å². The second-order valence-corrected chi connectivity index (χ2v) is 6.49. The smallest absolute Gasteiger partial charge is 0.226 e. The van der Waals surface area contributed by atoms with Crippen molar-refractivity contribution in [2.24, 2.45) is 23.5 Å². The lowest BCUT2D eigenvalue weighted by atomic mass is 10.0. The molecule has 0 radical (unpaired) electrons. The van der Waals surface area contributed by atoms with Crippen LogP contribution in [-0.4, -0.2) is 30.4 Å². The summed E-state index contributed by atoms with van der Waals surface area (Å²) in [5, 5.41) is 0. The van der Waals surface area contributed by atoms with E-state index in [9.17, 15) is 4.79 Å². The number of fused-ring (bicyclic) bond motifs is 1. The Labute approximate surface area is 139 Å². The molecule has 0 spiro atoms. The van der Waals surface area contributed by atoms with Crippen LogP contribution in [0.5, 0.6) is 0 Å². The zero-order valence-corrected chi connectivity index (χ0v) is 13.9. The predicted molar refractivity (Wildman–Crippen MR) is 92.0 cm³/mol. The summed E-state index contributed by atoms with van der Waals surface area (Å²) in [7, 11) is 0. The van der Waals surface area contributed by atoms with Crippen LogP contribution in [0.25, 0.3) is 0 Å². The second kappa shape index (κ2) is 7.98. The number of hydrogen-bond donors (Lipinski definition) is 1. The molecule has 2 saturated carbocycles. The van der Waals surface area contributed by atoms with Crippen molar-refractivity contribution in [3.8, 4) is 0 Å².